The number of nitrogens with zero attached hydrogens (tertiary/aromatic N) is 1. The van der Waals surface area contributed by atoms with Gasteiger partial charge in [-0.3, -0.25) is 0 Å². The normalized spacial score (nSPS) is 33.4. The lowest BCUT2D eigenvalue weighted by molar-refractivity contribution is 0.284. The molecule has 2 heteroatoms. The summed E-state index contributed by atoms with van der Waals surface area (Å²) in [5, 5.41) is 3.45. The van der Waals surface area contributed by atoms with E-state index in [1.54, 1.807) is 0 Å². The fourth-order valence-corrected chi connectivity index (χ4v) is 3.21. The summed E-state index contributed by atoms with van der Waals surface area (Å²) in [4.78, 5) is 2.68. The molecule has 2 aliphatic rings. The van der Waals surface area contributed by atoms with Gasteiger partial charge in [0.25, 0.3) is 0 Å². The Morgan fingerprint density at radius 1 is 1.06 bits per heavy atom. The van der Waals surface area contributed by atoms with Crippen LogP contribution in [0.1, 0.15) is 39.5 Å². The van der Waals surface area contributed by atoms with Crippen molar-refractivity contribution in [1.82, 2.24) is 10.2 Å². The molecule has 2 nitrogen and oxygen atoms in total. The third-order valence-corrected chi connectivity index (χ3v) is 4.61. The van der Waals surface area contributed by atoms with Crippen LogP contribution in [0.3, 0.4) is 0 Å². The Morgan fingerprint density at radius 3 is 2.31 bits per heavy atom. The summed E-state index contributed by atoms with van der Waals surface area (Å²) in [6.45, 7) is 11.3. The predicted octanol–water partition coefficient (Wildman–Crippen LogP) is 2.35. The average Bonchev–Trinajstić information content (AvgIpc) is 2.60. The van der Waals surface area contributed by atoms with E-state index in [1.165, 1.54) is 58.4 Å². The summed E-state index contributed by atoms with van der Waals surface area (Å²) in [6, 6.07) is 0. The van der Waals surface area contributed by atoms with Gasteiger partial charge in [-0.15, -0.1) is 0 Å². The predicted molar refractivity (Wildman–Crippen MR) is 69.6 cm³/mol. The maximum Gasteiger partial charge on any atom is 0.00102 e. The maximum atomic E-state index is 3.45. The molecule has 0 aliphatic carbocycles. The summed E-state index contributed by atoms with van der Waals surface area (Å²) in [5.74, 6) is 2.84. The molecule has 2 saturated heterocycles. The number of piperidine rings is 1. The molecule has 0 saturated carbocycles. The standard InChI is InChI=1S/C14H28N2/c1-12-10-16(11-13(12)2)9-3-4-14-5-7-15-8-6-14/h12-15H,3-11H2,1-2H3. The molecule has 2 aliphatic heterocycles. The number of likely N-dealkylation sites (tertiary alicyclic amines) is 1. The molecule has 16 heavy (non-hydrogen) atoms. The first-order valence-electron chi connectivity index (χ1n) is 7.19. The highest BCUT2D eigenvalue weighted by Crippen LogP contribution is 2.23. The Bertz CT molecular complexity index is 189. The second-order valence-corrected chi connectivity index (χ2v) is 6.05. The molecule has 1 N–H and O–H groups in total. The minimum absolute atomic E-state index is 0.916. The number of nitrogens with one attached hydrogen (secondary N) is 1. The van der Waals surface area contributed by atoms with E-state index in [-0.39, 0.29) is 0 Å². The first kappa shape index (κ1) is 12.4. The number of rotatable bonds is 4. The summed E-state index contributed by atoms with van der Waals surface area (Å²) in [5.41, 5.74) is 0. The Labute approximate surface area is 101 Å². The van der Waals surface area contributed by atoms with Gasteiger partial charge >= 0.3 is 0 Å². The lowest BCUT2D eigenvalue weighted by Crippen LogP contribution is -2.28. The summed E-state index contributed by atoms with van der Waals surface area (Å²) in [6.07, 6.45) is 5.70. The lowest BCUT2D eigenvalue weighted by atomic mass is 9.93. The van der Waals surface area contributed by atoms with Gasteiger partial charge in [-0.2, -0.15) is 0 Å². The van der Waals surface area contributed by atoms with Crippen molar-refractivity contribution in [3.63, 3.8) is 0 Å². The van der Waals surface area contributed by atoms with Crippen LogP contribution in [0.5, 0.6) is 0 Å². The first-order chi connectivity index (χ1) is 7.75. The summed E-state index contributed by atoms with van der Waals surface area (Å²) in [7, 11) is 0. The van der Waals surface area contributed by atoms with Gasteiger partial charge in [-0.25, -0.2) is 0 Å². The molecule has 2 atom stereocenters. The monoisotopic (exact) mass is 224 g/mol. The molecule has 0 radical (unpaired) electrons. The molecular formula is C14H28N2. The molecule has 0 bridgehead atoms. The molecule has 2 fully saturated rings. The quantitative estimate of drug-likeness (QED) is 0.788. The van der Waals surface area contributed by atoms with Crippen LogP contribution in [0, 0.1) is 17.8 Å². The highest BCUT2D eigenvalue weighted by Gasteiger charge is 2.25. The molecule has 0 spiro atoms. The van der Waals surface area contributed by atoms with Crippen LogP contribution < -0.4 is 5.32 Å². The molecular weight excluding hydrogens is 196 g/mol. The highest BCUT2D eigenvalue weighted by molar-refractivity contribution is 4.78. The number of hydrogen-bond acceptors (Lipinski definition) is 2. The smallest absolute Gasteiger partial charge is 0.00102 e. The van der Waals surface area contributed by atoms with Crippen molar-refractivity contribution < 1.29 is 0 Å². The fourth-order valence-electron chi connectivity index (χ4n) is 3.21. The lowest BCUT2D eigenvalue weighted by Gasteiger charge is -2.23. The third kappa shape index (κ3) is 3.46. The van der Waals surface area contributed by atoms with Gasteiger partial charge in [-0.1, -0.05) is 13.8 Å². The molecule has 0 aromatic carbocycles. The van der Waals surface area contributed by atoms with Crippen molar-refractivity contribution in [3.05, 3.63) is 0 Å². The van der Waals surface area contributed by atoms with Gasteiger partial charge in [0.2, 0.25) is 0 Å². The van der Waals surface area contributed by atoms with Crippen LogP contribution in [0.4, 0.5) is 0 Å². The van der Waals surface area contributed by atoms with Crippen molar-refractivity contribution in [1.29, 1.82) is 0 Å². The molecule has 0 aromatic rings. The van der Waals surface area contributed by atoms with Crippen molar-refractivity contribution in [2.75, 3.05) is 32.7 Å². The van der Waals surface area contributed by atoms with E-state index in [0.29, 0.717) is 0 Å². The van der Waals surface area contributed by atoms with E-state index in [0.717, 1.165) is 17.8 Å². The first-order valence-corrected chi connectivity index (χ1v) is 7.19. The van der Waals surface area contributed by atoms with Crippen LogP contribution in [-0.4, -0.2) is 37.6 Å². The van der Waals surface area contributed by atoms with Gasteiger partial charge in [-0.05, 0) is 63.1 Å². The zero-order valence-corrected chi connectivity index (χ0v) is 11.0. The van der Waals surface area contributed by atoms with Gasteiger partial charge < -0.3 is 10.2 Å². The van der Waals surface area contributed by atoms with Gasteiger partial charge in [0, 0.05) is 13.1 Å². The molecule has 2 rings (SSSR count). The van der Waals surface area contributed by atoms with Crippen molar-refractivity contribution in [2.24, 2.45) is 17.8 Å². The van der Waals surface area contributed by atoms with Crippen LogP contribution >= 0.6 is 0 Å². The third-order valence-electron chi connectivity index (χ3n) is 4.61. The topological polar surface area (TPSA) is 15.3 Å². The second kappa shape index (κ2) is 6.02. The molecule has 94 valence electrons. The highest BCUT2D eigenvalue weighted by atomic mass is 15.1. The van der Waals surface area contributed by atoms with Crippen molar-refractivity contribution in [2.45, 2.75) is 39.5 Å². The average molecular weight is 224 g/mol. The van der Waals surface area contributed by atoms with Gasteiger partial charge in [0.15, 0.2) is 0 Å². The van der Waals surface area contributed by atoms with E-state index in [1.807, 2.05) is 0 Å². The van der Waals surface area contributed by atoms with Crippen molar-refractivity contribution in [3.8, 4) is 0 Å². The van der Waals surface area contributed by atoms with E-state index >= 15 is 0 Å². The number of hydrogen-bond donors (Lipinski definition) is 1. The van der Waals surface area contributed by atoms with E-state index in [4.69, 9.17) is 0 Å². The fraction of sp³-hybridized carbons (Fsp3) is 1.00. The van der Waals surface area contributed by atoms with Crippen LogP contribution in [-0.2, 0) is 0 Å². The SMILES string of the molecule is CC1CN(CCCC2CCNCC2)CC1C. The Kier molecular flexibility index (Phi) is 4.66. The molecule has 2 unspecified atom stereocenters. The van der Waals surface area contributed by atoms with E-state index < -0.39 is 0 Å². The zero-order valence-electron chi connectivity index (χ0n) is 11.0. The van der Waals surface area contributed by atoms with Gasteiger partial charge in [0.05, 0.1) is 0 Å². The molecule has 0 aromatic heterocycles. The zero-order chi connectivity index (χ0) is 11.4. The molecule has 2 heterocycles. The van der Waals surface area contributed by atoms with E-state index in [9.17, 15) is 0 Å². The van der Waals surface area contributed by atoms with Crippen LogP contribution in [0.2, 0.25) is 0 Å². The molecule has 0 amide bonds. The second-order valence-electron chi connectivity index (χ2n) is 6.05. The Balaban J connectivity index is 1.57. The Morgan fingerprint density at radius 2 is 1.69 bits per heavy atom. The van der Waals surface area contributed by atoms with Crippen LogP contribution in [0.15, 0.2) is 0 Å². The maximum absolute atomic E-state index is 3.45. The Hall–Kier alpha value is -0.0800. The largest absolute Gasteiger partial charge is 0.317 e. The van der Waals surface area contributed by atoms with E-state index in [2.05, 4.69) is 24.1 Å². The van der Waals surface area contributed by atoms with Crippen molar-refractivity contribution >= 4 is 0 Å². The summed E-state index contributed by atoms with van der Waals surface area (Å²) < 4.78 is 0. The van der Waals surface area contributed by atoms with Gasteiger partial charge in [0.1, 0.15) is 0 Å². The summed E-state index contributed by atoms with van der Waals surface area (Å²) >= 11 is 0. The minimum atomic E-state index is 0.916. The minimum Gasteiger partial charge on any atom is -0.317 e. The van der Waals surface area contributed by atoms with Crippen LogP contribution in [0.25, 0.3) is 0 Å².